The van der Waals surface area contributed by atoms with Gasteiger partial charge in [-0.1, -0.05) is 12.1 Å². The predicted molar refractivity (Wildman–Crippen MR) is 64.0 cm³/mol. The van der Waals surface area contributed by atoms with Crippen molar-refractivity contribution >= 4 is 15.8 Å². The van der Waals surface area contributed by atoms with E-state index in [2.05, 4.69) is 0 Å². The number of nitrogens with zero attached hydrogens (tertiary/aromatic N) is 1. The van der Waals surface area contributed by atoms with Gasteiger partial charge in [-0.2, -0.15) is 4.31 Å². The van der Waals surface area contributed by atoms with E-state index in [1.54, 1.807) is 0 Å². The minimum atomic E-state index is -3.91. The van der Waals surface area contributed by atoms with Crippen LogP contribution in [0.4, 0.5) is 4.39 Å². The normalized spacial score (nSPS) is 18.6. The van der Waals surface area contributed by atoms with Gasteiger partial charge in [0.25, 0.3) is 0 Å². The van der Waals surface area contributed by atoms with Crippen LogP contribution < -0.4 is 0 Å². The van der Waals surface area contributed by atoms with Crippen molar-refractivity contribution in [1.82, 2.24) is 4.31 Å². The van der Waals surface area contributed by atoms with Crippen molar-refractivity contribution in [3.05, 3.63) is 30.1 Å². The highest BCUT2D eigenvalue weighted by Gasteiger charge is 2.29. The molecule has 2 rings (SSSR count). The van der Waals surface area contributed by atoms with Gasteiger partial charge in [-0.25, -0.2) is 12.8 Å². The monoisotopic (exact) mass is 271 g/mol. The highest BCUT2D eigenvalue weighted by Crippen LogP contribution is 2.21. The van der Waals surface area contributed by atoms with Crippen molar-refractivity contribution in [3.8, 4) is 0 Å². The number of rotatable bonds is 2. The Balaban J connectivity index is 2.36. The Morgan fingerprint density at radius 2 is 1.89 bits per heavy atom. The van der Waals surface area contributed by atoms with E-state index in [9.17, 15) is 17.6 Å². The van der Waals surface area contributed by atoms with Crippen molar-refractivity contribution < 1.29 is 17.6 Å². The average Bonchev–Trinajstić information content (AvgIpc) is 2.54. The van der Waals surface area contributed by atoms with Crippen molar-refractivity contribution in [2.24, 2.45) is 0 Å². The first-order valence-electron chi connectivity index (χ1n) is 5.78. The van der Waals surface area contributed by atoms with E-state index >= 15 is 0 Å². The van der Waals surface area contributed by atoms with Gasteiger partial charge < -0.3 is 0 Å². The first-order chi connectivity index (χ1) is 8.51. The number of Topliss-reactive ketones (excluding diaryl/α,β-unsaturated/α-hetero) is 1. The van der Waals surface area contributed by atoms with Crippen LogP contribution in [-0.4, -0.2) is 31.6 Å². The Morgan fingerprint density at radius 3 is 2.61 bits per heavy atom. The maximum absolute atomic E-state index is 13.5. The zero-order valence-electron chi connectivity index (χ0n) is 9.80. The van der Waals surface area contributed by atoms with Gasteiger partial charge in [-0.05, 0) is 25.0 Å². The average molecular weight is 271 g/mol. The Hall–Kier alpha value is -1.27. The molecule has 18 heavy (non-hydrogen) atoms. The minimum Gasteiger partial charge on any atom is -0.298 e. The third kappa shape index (κ3) is 2.59. The summed E-state index contributed by atoms with van der Waals surface area (Å²) in [6.07, 6.45) is 1.70. The Morgan fingerprint density at radius 1 is 1.17 bits per heavy atom. The molecule has 0 aliphatic carbocycles. The summed E-state index contributed by atoms with van der Waals surface area (Å²) in [6.45, 7) is 0.110. The summed E-state index contributed by atoms with van der Waals surface area (Å²) in [5, 5.41) is 0. The Bertz CT molecular complexity index is 556. The molecule has 0 radical (unpaired) electrons. The number of benzene rings is 1. The number of carbonyl (C=O) groups is 1. The number of halogens is 1. The molecule has 4 nitrogen and oxygen atoms in total. The number of hydrogen-bond donors (Lipinski definition) is 0. The van der Waals surface area contributed by atoms with Gasteiger partial charge >= 0.3 is 0 Å². The van der Waals surface area contributed by atoms with Crippen molar-refractivity contribution in [1.29, 1.82) is 0 Å². The standard InChI is InChI=1S/C12H14FNO3S/c13-11-6-1-2-7-12(11)18(16,17)14-8-4-3-5-10(15)9-14/h1-2,6-7H,3-5,8-9H2. The number of sulfonamides is 1. The van der Waals surface area contributed by atoms with Crippen LogP contribution >= 0.6 is 0 Å². The molecule has 1 heterocycles. The molecule has 1 aromatic carbocycles. The van der Waals surface area contributed by atoms with E-state index in [0.717, 1.165) is 10.4 Å². The van der Waals surface area contributed by atoms with Crippen LogP contribution in [0, 0.1) is 5.82 Å². The van der Waals surface area contributed by atoms with E-state index in [1.165, 1.54) is 18.2 Å². The molecule has 6 heteroatoms. The molecule has 1 fully saturated rings. The number of hydrogen-bond acceptors (Lipinski definition) is 3. The van der Waals surface area contributed by atoms with Crippen LogP contribution in [0.3, 0.4) is 0 Å². The lowest BCUT2D eigenvalue weighted by Crippen LogP contribution is -2.35. The first kappa shape index (κ1) is 13.2. The summed E-state index contributed by atoms with van der Waals surface area (Å²) in [4.78, 5) is 11.1. The van der Waals surface area contributed by atoms with Crippen LogP contribution in [0.1, 0.15) is 19.3 Å². The summed E-state index contributed by atoms with van der Waals surface area (Å²) < 4.78 is 39.1. The van der Waals surface area contributed by atoms with Crippen molar-refractivity contribution in [2.75, 3.05) is 13.1 Å². The molecule has 0 amide bonds. The van der Waals surface area contributed by atoms with E-state index in [0.29, 0.717) is 19.3 Å². The molecule has 1 aliphatic rings. The highest BCUT2D eigenvalue weighted by molar-refractivity contribution is 7.89. The summed E-state index contributed by atoms with van der Waals surface area (Å²) in [5.41, 5.74) is 0. The molecule has 0 saturated carbocycles. The summed E-state index contributed by atoms with van der Waals surface area (Å²) in [5.74, 6) is -0.901. The van der Waals surface area contributed by atoms with Crippen LogP contribution in [0.2, 0.25) is 0 Å². The lowest BCUT2D eigenvalue weighted by molar-refractivity contribution is -0.118. The van der Waals surface area contributed by atoms with Gasteiger partial charge in [0.1, 0.15) is 16.5 Å². The third-order valence-corrected chi connectivity index (χ3v) is 4.80. The van der Waals surface area contributed by atoms with Crippen LogP contribution in [0.5, 0.6) is 0 Å². The fourth-order valence-corrected chi connectivity index (χ4v) is 3.49. The zero-order valence-corrected chi connectivity index (χ0v) is 10.6. The van der Waals surface area contributed by atoms with E-state index < -0.39 is 15.8 Å². The molecule has 1 saturated heterocycles. The van der Waals surface area contributed by atoms with Crippen molar-refractivity contribution in [3.63, 3.8) is 0 Å². The summed E-state index contributed by atoms with van der Waals surface area (Å²) in [6, 6.07) is 5.23. The third-order valence-electron chi connectivity index (χ3n) is 2.92. The van der Waals surface area contributed by atoms with Gasteiger partial charge in [0.2, 0.25) is 10.0 Å². The second-order valence-corrected chi connectivity index (χ2v) is 6.17. The number of ketones is 1. The minimum absolute atomic E-state index is 0.118. The van der Waals surface area contributed by atoms with Gasteiger partial charge in [0.15, 0.2) is 0 Å². The smallest absolute Gasteiger partial charge is 0.246 e. The van der Waals surface area contributed by atoms with E-state index in [1.807, 2.05) is 0 Å². The van der Waals surface area contributed by atoms with E-state index in [4.69, 9.17) is 0 Å². The van der Waals surface area contributed by atoms with Crippen LogP contribution in [0.15, 0.2) is 29.2 Å². The van der Waals surface area contributed by atoms with Gasteiger partial charge in [0, 0.05) is 13.0 Å². The molecule has 0 unspecified atom stereocenters. The Kier molecular flexibility index (Phi) is 3.77. The highest BCUT2D eigenvalue weighted by atomic mass is 32.2. The van der Waals surface area contributed by atoms with Gasteiger partial charge in [-0.3, -0.25) is 4.79 Å². The lowest BCUT2D eigenvalue weighted by Gasteiger charge is -2.19. The van der Waals surface area contributed by atoms with Crippen LogP contribution in [0.25, 0.3) is 0 Å². The zero-order chi connectivity index (χ0) is 13.2. The van der Waals surface area contributed by atoms with Crippen molar-refractivity contribution in [2.45, 2.75) is 24.2 Å². The Labute approximate surface area is 105 Å². The molecule has 0 spiro atoms. The largest absolute Gasteiger partial charge is 0.298 e. The quantitative estimate of drug-likeness (QED) is 0.820. The molecule has 0 aromatic heterocycles. The van der Waals surface area contributed by atoms with Gasteiger partial charge in [-0.15, -0.1) is 0 Å². The molecular formula is C12H14FNO3S. The fraction of sp³-hybridized carbons (Fsp3) is 0.417. The molecular weight excluding hydrogens is 257 g/mol. The van der Waals surface area contributed by atoms with Crippen LogP contribution in [-0.2, 0) is 14.8 Å². The summed E-state index contributed by atoms with van der Waals surface area (Å²) in [7, 11) is -3.91. The molecule has 0 atom stereocenters. The maximum atomic E-state index is 13.5. The SMILES string of the molecule is O=C1CCCCN(S(=O)(=O)c2ccccc2F)C1. The lowest BCUT2D eigenvalue weighted by atomic mass is 10.2. The topological polar surface area (TPSA) is 54.5 Å². The first-order valence-corrected chi connectivity index (χ1v) is 7.22. The maximum Gasteiger partial charge on any atom is 0.246 e. The summed E-state index contributed by atoms with van der Waals surface area (Å²) >= 11 is 0. The fourth-order valence-electron chi connectivity index (χ4n) is 1.96. The van der Waals surface area contributed by atoms with E-state index in [-0.39, 0.29) is 23.8 Å². The molecule has 98 valence electrons. The predicted octanol–water partition coefficient (Wildman–Crippen LogP) is 1.57. The van der Waals surface area contributed by atoms with Gasteiger partial charge in [0.05, 0.1) is 6.54 Å². The second kappa shape index (κ2) is 5.16. The number of carbonyl (C=O) groups excluding carboxylic acids is 1. The molecule has 0 bridgehead atoms. The molecule has 0 N–H and O–H groups in total. The molecule has 1 aliphatic heterocycles. The second-order valence-electron chi connectivity index (χ2n) is 4.26. The molecule has 1 aromatic rings.